The average Bonchev–Trinajstić information content (AvgIpc) is 3.54. The van der Waals surface area contributed by atoms with Gasteiger partial charge in [0.15, 0.2) is 19.7 Å². The minimum Gasteiger partial charge on any atom is -0.497 e. The number of aliphatic hydroxyl groups is 1. The zero-order valence-corrected chi connectivity index (χ0v) is 30.6. The molecule has 3 aromatic carbocycles. The van der Waals surface area contributed by atoms with Crippen molar-refractivity contribution in [3.63, 3.8) is 0 Å². The van der Waals surface area contributed by atoms with Crippen LogP contribution in [0.2, 0.25) is 18.6 Å². The van der Waals surface area contributed by atoms with Crippen LogP contribution < -0.4 is 19.9 Å². The van der Waals surface area contributed by atoms with Crippen LogP contribution in [-0.4, -0.2) is 73.0 Å². The summed E-state index contributed by atoms with van der Waals surface area (Å²) in [6, 6.07) is 25.7. The fourth-order valence-electron chi connectivity index (χ4n) is 7.88. The number of hydrogen-bond acceptors (Lipinski definition) is 8. The van der Waals surface area contributed by atoms with Gasteiger partial charge in [0, 0.05) is 42.0 Å². The van der Waals surface area contributed by atoms with Crippen LogP contribution in [0.4, 0.5) is 5.69 Å². The molecule has 1 fully saturated rings. The van der Waals surface area contributed by atoms with Gasteiger partial charge >= 0.3 is 0 Å². The molecule has 1 saturated heterocycles. The van der Waals surface area contributed by atoms with Crippen molar-refractivity contribution in [3.05, 3.63) is 118 Å². The van der Waals surface area contributed by atoms with Crippen LogP contribution in [0.1, 0.15) is 30.0 Å². The number of amides is 2. The summed E-state index contributed by atoms with van der Waals surface area (Å²) in [4.78, 5) is 56.9. The van der Waals surface area contributed by atoms with Gasteiger partial charge in [0.2, 0.25) is 5.91 Å². The molecule has 1 aromatic heterocycles. The molecule has 2 aliphatic heterocycles. The lowest BCUT2D eigenvalue weighted by atomic mass is 9.82. The number of nitrogens with zero attached hydrogens (tertiary/aromatic N) is 3. The molecule has 3 heterocycles. The first-order valence-electron chi connectivity index (χ1n) is 17.1. The van der Waals surface area contributed by atoms with Gasteiger partial charge in [-0.15, -0.1) is 0 Å². The second-order valence-corrected chi connectivity index (χ2v) is 17.8. The smallest absolute Gasteiger partial charge is 0.297 e. The molecule has 6 rings (SSSR count). The van der Waals surface area contributed by atoms with E-state index in [0.29, 0.717) is 29.2 Å². The Bertz CT molecular complexity index is 1960. The van der Waals surface area contributed by atoms with Crippen molar-refractivity contribution in [1.82, 2.24) is 9.47 Å². The highest BCUT2D eigenvalue weighted by molar-refractivity contribution is 6.71. The topological polar surface area (TPSA) is 131 Å². The molecule has 0 aliphatic carbocycles. The lowest BCUT2D eigenvalue weighted by Gasteiger charge is -2.32. The minimum absolute atomic E-state index is 0.0650. The summed E-state index contributed by atoms with van der Waals surface area (Å²) in [6.45, 7) is 5.99. The van der Waals surface area contributed by atoms with E-state index in [-0.39, 0.29) is 49.2 Å². The molecule has 0 unspecified atom stereocenters. The Hall–Kier alpha value is -4.75. The molecule has 2 aliphatic rings. The third kappa shape index (κ3) is 6.72. The number of aromatic nitrogens is 1. The monoisotopic (exact) mass is 711 g/mol. The molecular formula is C39H45N3O8Si. The SMILES string of the molecule is COc1ccc2c(c1)[C@@]1(O[C@H](CC(=O)N(CCO)Cc3ccccc3)[C@@H]([Si](C)(C)O)[C@@H]1C)C(=O)N2Cc1cccc(-n2cccc(OC)c2=O)c1. The lowest BCUT2D eigenvalue weighted by molar-refractivity contribution is -0.150. The summed E-state index contributed by atoms with van der Waals surface area (Å²) in [5.41, 5.74) is 1.32. The Morgan fingerprint density at radius 3 is 2.39 bits per heavy atom. The quantitative estimate of drug-likeness (QED) is 0.204. The summed E-state index contributed by atoms with van der Waals surface area (Å²) >= 11 is 0. The molecule has 11 nitrogen and oxygen atoms in total. The van der Waals surface area contributed by atoms with Gasteiger partial charge in [-0.25, -0.2) is 0 Å². The molecule has 2 N–H and O–H groups in total. The maximum absolute atomic E-state index is 15.0. The maximum atomic E-state index is 15.0. The van der Waals surface area contributed by atoms with E-state index in [1.54, 1.807) is 41.3 Å². The highest BCUT2D eigenvalue weighted by Gasteiger charge is 2.66. The predicted octanol–water partition coefficient (Wildman–Crippen LogP) is 4.61. The van der Waals surface area contributed by atoms with E-state index in [4.69, 9.17) is 14.2 Å². The summed E-state index contributed by atoms with van der Waals surface area (Å²) in [5.74, 6) is -0.258. The fraction of sp³-hybridized carbons (Fsp3) is 0.359. The number of methoxy groups -OCH3 is 2. The molecule has 0 bridgehead atoms. The van der Waals surface area contributed by atoms with Crippen molar-refractivity contribution < 1.29 is 33.7 Å². The van der Waals surface area contributed by atoms with Gasteiger partial charge < -0.3 is 33.9 Å². The van der Waals surface area contributed by atoms with Gasteiger partial charge in [0.25, 0.3) is 11.5 Å². The number of rotatable bonds is 12. The van der Waals surface area contributed by atoms with Crippen LogP contribution in [-0.2, 0) is 33.0 Å². The molecule has 1 spiro atoms. The minimum atomic E-state index is -3.05. The summed E-state index contributed by atoms with van der Waals surface area (Å²) < 4.78 is 19.2. The number of ether oxygens (including phenoxy) is 3. The number of hydrogen-bond donors (Lipinski definition) is 2. The molecule has 0 saturated carbocycles. The Labute approximate surface area is 298 Å². The van der Waals surface area contributed by atoms with E-state index < -0.39 is 31.5 Å². The first-order chi connectivity index (χ1) is 24.4. The number of fused-ring (bicyclic) bond motifs is 2. The van der Waals surface area contributed by atoms with Gasteiger partial charge in [0.05, 0.1) is 45.6 Å². The molecule has 51 heavy (non-hydrogen) atoms. The van der Waals surface area contributed by atoms with E-state index in [9.17, 15) is 24.3 Å². The van der Waals surface area contributed by atoms with Crippen LogP contribution in [0.3, 0.4) is 0 Å². The third-order valence-corrected chi connectivity index (χ3v) is 12.7. The number of carbonyl (C=O) groups excluding carboxylic acids is 2. The van der Waals surface area contributed by atoms with Crippen LogP contribution in [0.15, 0.2) is 95.9 Å². The van der Waals surface area contributed by atoms with Crippen molar-refractivity contribution in [2.24, 2.45) is 5.92 Å². The van der Waals surface area contributed by atoms with Gasteiger partial charge in [-0.2, -0.15) is 0 Å². The van der Waals surface area contributed by atoms with E-state index >= 15 is 0 Å². The van der Waals surface area contributed by atoms with Crippen molar-refractivity contribution in [3.8, 4) is 17.2 Å². The van der Waals surface area contributed by atoms with Crippen molar-refractivity contribution in [2.75, 3.05) is 32.3 Å². The highest BCUT2D eigenvalue weighted by Crippen LogP contribution is 2.60. The van der Waals surface area contributed by atoms with Gasteiger partial charge in [-0.05, 0) is 66.7 Å². The molecular weight excluding hydrogens is 667 g/mol. The highest BCUT2D eigenvalue weighted by atomic mass is 28.4. The summed E-state index contributed by atoms with van der Waals surface area (Å²) in [6.07, 6.45) is 0.839. The van der Waals surface area contributed by atoms with Gasteiger partial charge in [0.1, 0.15) is 5.75 Å². The van der Waals surface area contributed by atoms with Crippen LogP contribution in [0.5, 0.6) is 11.5 Å². The van der Waals surface area contributed by atoms with Crippen LogP contribution in [0.25, 0.3) is 5.69 Å². The van der Waals surface area contributed by atoms with Crippen molar-refractivity contribution >= 4 is 25.8 Å². The number of aliphatic hydroxyl groups excluding tert-OH is 1. The Kier molecular flexibility index (Phi) is 10.2. The molecule has 2 amide bonds. The summed E-state index contributed by atoms with van der Waals surface area (Å²) in [7, 11) is -0.0445. The van der Waals surface area contributed by atoms with Crippen molar-refractivity contribution in [2.45, 2.75) is 56.8 Å². The predicted molar refractivity (Wildman–Crippen MR) is 196 cm³/mol. The molecule has 268 valence electrons. The molecule has 4 aromatic rings. The van der Waals surface area contributed by atoms with E-state index in [0.717, 1.165) is 11.1 Å². The second-order valence-electron chi connectivity index (χ2n) is 13.8. The van der Waals surface area contributed by atoms with E-state index in [1.807, 2.05) is 86.7 Å². The number of carbonyl (C=O) groups is 2. The third-order valence-electron chi connectivity index (χ3n) is 10.2. The van der Waals surface area contributed by atoms with Crippen molar-refractivity contribution in [1.29, 1.82) is 0 Å². The normalized spacial score (nSPS) is 21.2. The maximum Gasteiger partial charge on any atom is 0.297 e. The zero-order valence-electron chi connectivity index (χ0n) is 29.6. The Balaban J connectivity index is 1.36. The standard InChI is InChI=1S/C39H45N3O8Si/c1-26-36(51(4,5)47)34(23-35(44)40(19-20-43)24-27-11-7-6-8-12-27)50-39(26)31-22-30(48-2)16-17-32(31)42(38(39)46)25-28-13-9-14-29(21-28)41-18-10-15-33(49-3)37(41)45/h6-18,21-22,26,34,36,43,47H,19-20,23-25H2,1-5H3/t26-,34+,36-,39+/m0/s1. The number of pyridine rings is 1. The zero-order chi connectivity index (χ0) is 36.5. The van der Waals surface area contributed by atoms with Gasteiger partial charge in [-0.1, -0.05) is 49.4 Å². The average molecular weight is 712 g/mol. The fourth-order valence-corrected chi connectivity index (χ4v) is 10.4. The first-order valence-corrected chi connectivity index (χ1v) is 20.1. The van der Waals surface area contributed by atoms with Crippen LogP contribution >= 0.6 is 0 Å². The van der Waals surface area contributed by atoms with E-state index in [1.165, 1.54) is 11.7 Å². The van der Waals surface area contributed by atoms with E-state index in [2.05, 4.69) is 0 Å². The molecule has 4 atom stereocenters. The second kappa shape index (κ2) is 14.5. The Morgan fingerprint density at radius 1 is 0.961 bits per heavy atom. The Morgan fingerprint density at radius 2 is 1.71 bits per heavy atom. The largest absolute Gasteiger partial charge is 0.497 e. The molecule has 0 radical (unpaired) electrons. The summed E-state index contributed by atoms with van der Waals surface area (Å²) in [5, 5.41) is 9.84. The lowest BCUT2D eigenvalue weighted by Crippen LogP contribution is -2.46. The van der Waals surface area contributed by atoms with Crippen LogP contribution in [0, 0.1) is 5.92 Å². The molecule has 12 heteroatoms. The number of benzene rings is 3. The van der Waals surface area contributed by atoms with Gasteiger partial charge in [-0.3, -0.25) is 19.0 Å². The first kappa shape index (κ1) is 36.1. The number of anilines is 1.